The summed E-state index contributed by atoms with van der Waals surface area (Å²) >= 11 is 0. The molecule has 1 aromatic heterocycles. The van der Waals surface area contributed by atoms with Gasteiger partial charge in [0.1, 0.15) is 11.4 Å². The van der Waals surface area contributed by atoms with Crippen molar-refractivity contribution in [2.24, 2.45) is 0 Å². The molecule has 0 spiro atoms. The zero-order chi connectivity index (χ0) is 19.0. The molecule has 136 valence electrons. The van der Waals surface area contributed by atoms with Gasteiger partial charge in [0.25, 0.3) is 5.91 Å². The first kappa shape index (κ1) is 17.2. The molecule has 4 rings (SSSR count). The molecule has 1 aliphatic rings. The number of methoxy groups -OCH3 is 1. The van der Waals surface area contributed by atoms with Crippen molar-refractivity contribution in [1.82, 2.24) is 9.88 Å². The molecule has 2 heterocycles. The maximum Gasteiger partial charge on any atom is 0.259 e. The van der Waals surface area contributed by atoms with E-state index in [-0.39, 0.29) is 11.9 Å². The van der Waals surface area contributed by atoms with Crippen LogP contribution in [0.4, 0.5) is 0 Å². The third-order valence-electron chi connectivity index (χ3n) is 5.08. The van der Waals surface area contributed by atoms with Crippen LogP contribution < -0.4 is 4.74 Å². The second kappa shape index (κ2) is 6.52. The van der Waals surface area contributed by atoms with E-state index in [1.54, 1.807) is 49.7 Å². The Kier molecular flexibility index (Phi) is 4.16. The lowest BCUT2D eigenvalue weighted by Gasteiger charge is -2.38. The van der Waals surface area contributed by atoms with Gasteiger partial charge in [-0.2, -0.15) is 0 Å². The van der Waals surface area contributed by atoms with Gasteiger partial charge in [0.2, 0.25) is 5.72 Å². The highest BCUT2D eigenvalue weighted by atomic mass is 16.5. The highest BCUT2D eigenvalue weighted by Gasteiger charge is 2.53. The van der Waals surface area contributed by atoms with Crippen LogP contribution in [0.3, 0.4) is 0 Å². The first-order valence-corrected chi connectivity index (χ1v) is 8.78. The predicted molar refractivity (Wildman–Crippen MR) is 101 cm³/mol. The van der Waals surface area contributed by atoms with Gasteiger partial charge < -0.3 is 9.84 Å². The molecule has 5 heteroatoms. The number of benzene rings is 2. The van der Waals surface area contributed by atoms with E-state index in [1.807, 2.05) is 37.3 Å². The number of rotatable bonds is 4. The molecule has 2 aromatic carbocycles. The maximum absolute atomic E-state index is 13.2. The van der Waals surface area contributed by atoms with E-state index < -0.39 is 5.72 Å². The molecule has 0 bridgehead atoms. The largest absolute Gasteiger partial charge is 0.497 e. The minimum absolute atomic E-state index is 0.250. The van der Waals surface area contributed by atoms with E-state index in [9.17, 15) is 9.90 Å². The van der Waals surface area contributed by atoms with Gasteiger partial charge in [-0.05, 0) is 36.8 Å². The number of ether oxygens (including phenoxy) is 1. The number of aliphatic hydroxyl groups is 1. The molecule has 27 heavy (non-hydrogen) atoms. The number of hydrogen-bond acceptors (Lipinski definition) is 4. The van der Waals surface area contributed by atoms with Crippen LogP contribution in [0.25, 0.3) is 0 Å². The van der Waals surface area contributed by atoms with Crippen LogP contribution in [0.5, 0.6) is 5.75 Å². The van der Waals surface area contributed by atoms with Crippen molar-refractivity contribution in [3.63, 3.8) is 0 Å². The van der Waals surface area contributed by atoms with Crippen molar-refractivity contribution in [3.05, 3.63) is 95.3 Å². The Morgan fingerprint density at radius 3 is 2.59 bits per heavy atom. The molecule has 1 aliphatic heterocycles. The van der Waals surface area contributed by atoms with Gasteiger partial charge in [0.15, 0.2) is 0 Å². The number of amides is 1. The van der Waals surface area contributed by atoms with Crippen molar-refractivity contribution in [3.8, 4) is 5.75 Å². The molecule has 2 atom stereocenters. The van der Waals surface area contributed by atoms with Gasteiger partial charge in [0.05, 0.1) is 18.7 Å². The number of carbonyl (C=O) groups excluding carboxylic acids is 1. The molecule has 0 saturated heterocycles. The summed E-state index contributed by atoms with van der Waals surface area (Å²) in [5.74, 6) is 0.352. The summed E-state index contributed by atoms with van der Waals surface area (Å²) in [4.78, 5) is 19.1. The number of aromatic nitrogens is 1. The summed E-state index contributed by atoms with van der Waals surface area (Å²) in [6.45, 7) is 1.91. The monoisotopic (exact) mass is 360 g/mol. The van der Waals surface area contributed by atoms with Crippen molar-refractivity contribution < 1.29 is 14.6 Å². The van der Waals surface area contributed by atoms with Crippen molar-refractivity contribution in [2.45, 2.75) is 18.7 Å². The first-order valence-electron chi connectivity index (χ1n) is 8.78. The van der Waals surface area contributed by atoms with Crippen molar-refractivity contribution in [2.75, 3.05) is 7.11 Å². The highest BCUT2D eigenvalue weighted by molar-refractivity contribution is 6.00. The quantitative estimate of drug-likeness (QED) is 0.773. The summed E-state index contributed by atoms with van der Waals surface area (Å²) in [6, 6.07) is 19.8. The zero-order valence-electron chi connectivity index (χ0n) is 15.2. The third kappa shape index (κ3) is 2.59. The van der Waals surface area contributed by atoms with Gasteiger partial charge in [-0.15, -0.1) is 0 Å². The summed E-state index contributed by atoms with van der Waals surface area (Å²) in [7, 11) is 1.57. The van der Waals surface area contributed by atoms with Crippen LogP contribution in [0.1, 0.15) is 40.1 Å². The topological polar surface area (TPSA) is 62.7 Å². The minimum Gasteiger partial charge on any atom is -0.497 e. The standard InChI is InChI=1S/C22H20N2O3/c1-15(16-8-4-3-5-9-16)24-21(25)19-12-7-13-23-20(19)22(24,26)17-10-6-11-18(14-17)27-2/h3-15,26H,1-2H3. The van der Waals surface area contributed by atoms with E-state index in [0.717, 1.165) is 5.56 Å². The van der Waals surface area contributed by atoms with E-state index in [1.165, 1.54) is 4.90 Å². The van der Waals surface area contributed by atoms with Gasteiger partial charge in [0, 0.05) is 11.8 Å². The lowest BCUT2D eigenvalue weighted by molar-refractivity contribution is -0.0703. The molecule has 0 aliphatic carbocycles. The van der Waals surface area contributed by atoms with Crippen LogP contribution in [-0.4, -0.2) is 28.0 Å². The number of pyridine rings is 1. The minimum atomic E-state index is -1.68. The molecular formula is C22H20N2O3. The van der Waals surface area contributed by atoms with Gasteiger partial charge in [-0.25, -0.2) is 0 Å². The second-order valence-electron chi connectivity index (χ2n) is 6.57. The molecule has 5 nitrogen and oxygen atoms in total. The van der Waals surface area contributed by atoms with Gasteiger partial charge in [-0.1, -0.05) is 42.5 Å². The van der Waals surface area contributed by atoms with Crippen molar-refractivity contribution in [1.29, 1.82) is 0 Å². The molecule has 0 radical (unpaired) electrons. The van der Waals surface area contributed by atoms with Crippen LogP contribution in [0.2, 0.25) is 0 Å². The Morgan fingerprint density at radius 1 is 1.07 bits per heavy atom. The average Bonchev–Trinajstić information content (AvgIpc) is 2.96. The Morgan fingerprint density at radius 2 is 1.85 bits per heavy atom. The molecule has 1 N–H and O–H groups in total. The number of carbonyl (C=O) groups is 1. The molecule has 0 saturated carbocycles. The highest BCUT2D eigenvalue weighted by Crippen LogP contribution is 2.46. The van der Waals surface area contributed by atoms with E-state index >= 15 is 0 Å². The molecule has 3 aromatic rings. The summed E-state index contributed by atoms with van der Waals surface area (Å²) < 4.78 is 5.32. The fourth-order valence-corrected chi connectivity index (χ4v) is 3.70. The normalized spacial score (nSPS) is 19.7. The number of hydrogen-bond donors (Lipinski definition) is 1. The van der Waals surface area contributed by atoms with Crippen LogP contribution in [0, 0.1) is 0 Å². The fourth-order valence-electron chi connectivity index (χ4n) is 3.70. The predicted octanol–water partition coefficient (Wildman–Crippen LogP) is 3.50. The second-order valence-corrected chi connectivity index (χ2v) is 6.57. The van der Waals surface area contributed by atoms with Crippen LogP contribution in [-0.2, 0) is 5.72 Å². The summed E-state index contributed by atoms with van der Waals surface area (Å²) in [5.41, 5.74) is 0.532. The fraction of sp³-hybridized carbons (Fsp3) is 0.182. The van der Waals surface area contributed by atoms with Crippen LogP contribution >= 0.6 is 0 Å². The molecule has 0 fully saturated rings. The Hall–Kier alpha value is -3.18. The molecule has 2 unspecified atom stereocenters. The summed E-state index contributed by atoms with van der Waals surface area (Å²) in [5, 5.41) is 11.9. The zero-order valence-corrected chi connectivity index (χ0v) is 15.2. The molecular weight excluding hydrogens is 340 g/mol. The lowest BCUT2D eigenvalue weighted by atomic mass is 9.96. The van der Waals surface area contributed by atoms with E-state index in [2.05, 4.69) is 4.98 Å². The SMILES string of the molecule is COc1cccc(C2(O)c3ncccc3C(=O)N2C(C)c2ccccc2)c1. The lowest BCUT2D eigenvalue weighted by Crippen LogP contribution is -2.46. The Bertz CT molecular complexity index is 990. The Balaban J connectivity index is 1.92. The van der Waals surface area contributed by atoms with E-state index in [4.69, 9.17) is 4.74 Å². The third-order valence-corrected chi connectivity index (χ3v) is 5.08. The van der Waals surface area contributed by atoms with Gasteiger partial charge >= 0.3 is 0 Å². The average molecular weight is 360 g/mol. The smallest absolute Gasteiger partial charge is 0.259 e. The number of fused-ring (bicyclic) bond motifs is 1. The maximum atomic E-state index is 13.2. The Labute approximate surface area is 157 Å². The van der Waals surface area contributed by atoms with Gasteiger partial charge in [-0.3, -0.25) is 14.7 Å². The summed E-state index contributed by atoms with van der Waals surface area (Å²) in [6.07, 6.45) is 1.59. The molecule has 1 amide bonds. The van der Waals surface area contributed by atoms with E-state index in [0.29, 0.717) is 22.6 Å². The van der Waals surface area contributed by atoms with Crippen molar-refractivity contribution >= 4 is 5.91 Å². The van der Waals surface area contributed by atoms with Crippen LogP contribution in [0.15, 0.2) is 72.9 Å². The number of nitrogens with zero attached hydrogens (tertiary/aromatic N) is 2. The first-order chi connectivity index (χ1) is 13.1.